The van der Waals surface area contributed by atoms with Crippen LogP contribution in [0.3, 0.4) is 0 Å². The summed E-state index contributed by atoms with van der Waals surface area (Å²) in [7, 11) is 0. The molecule has 0 bridgehead atoms. The van der Waals surface area contributed by atoms with Crippen LogP contribution in [0.15, 0.2) is 0 Å². The van der Waals surface area contributed by atoms with Crippen LogP contribution < -0.4 is 5.32 Å². The molecule has 5 nitrogen and oxygen atoms in total. The number of nitrogens with zero attached hydrogens (tertiary/aromatic N) is 1. The van der Waals surface area contributed by atoms with Crippen molar-refractivity contribution in [1.29, 1.82) is 0 Å². The topological polar surface area (TPSA) is 69.6 Å². The molecular weight excluding hydrogens is 277 g/mol. The van der Waals surface area contributed by atoms with Crippen LogP contribution >= 0.6 is 0 Å². The Kier molecular flexibility index (Phi) is 5.38. The summed E-state index contributed by atoms with van der Waals surface area (Å²) in [6.45, 7) is 0.903. The van der Waals surface area contributed by atoms with E-state index in [1.165, 1.54) is 4.90 Å². The number of carbonyl (C=O) groups excluding carboxylic acids is 1. The fourth-order valence-electron chi connectivity index (χ4n) is 1.98. The summed E-state index contributed by atoms with van der Waals surface area (Å²) in [5.41, 5.74) is -3.12. The fraction of sp³-hybridized carbons (Fsp3) is 0.833. The van der Waals surface area contributed by atoms with Crippen molar-refractivity contribution in [1.82, 2.24) is 10.2 Å². The summed E-state index contributed by atoms with van der Waals surface area (Å²) in [4.78, 5) is 24.1. The van der Waals surface area contributed by atoms with Gasteiger partial charge in [-0.25, -0.2) is 4.79 Å². The van der Waals surface area contributed by atoms with Crippen LogP contribution in [0.4, 0.5) is 13.2 Å². The maximum atomic E-state index is 12.7. The molecule has 1 amide bonds. The number of rotatable bonds is 4. The maximum Gasteiger partial charge on any atom is 0.417 e. The van der Waals surface area contributed by atoms with E-state index in [1.807, 2.05) is 5.32 Å². The molecule has 1 saturated heterocycles. The zero-order valence-electron chi connectivity index (χ0n) is 11.3. The van der Waals surface area contributed by atoms with Crippen molar-refractivity contribution in [2.45, 2.75) is 44.3 Å². The van der Waals surface area contributed by atoms with Gasteiger partial charge in [-0.3, -0.25) is 10.1 Å². The number of carboxylic acids is 1. The first-order valence-electron chi connectivity index (χ1n) is 6.51. The minimum atomic E-state index is -4.97. The lowest BCUT2D eigenvalue weighted by atomic mass is 10.0. The lowest BCUT2D eigenvalue weighted by Crippen LogP contribution is -2.62. The average Bonchev–Trinajstić information content (AvgIpc) is 2.62. The second-order valence-corrected chi connectivity index (χ2v) is 5.08. The van der Waals surface area contributed by atoms with Crippen molar-refractivity contribution in [2.75, 3.05) is 19.6 Å². The van der Waals surface area contributed by atoms with Gasteiger partial charge < -0.3 is 10.0 Å². The largest absolute Gasteiger partial charge is 0.480 e. The highest BCUT2D eigenvalue weighted by molar-refractivity contribution is 5.82. The number of alkyl halides is 3. The molecule has 0 aromatic carbocycles. The zero-order chi connectivity index (χ0) is 15.4. The number of carbonyl (C=O) groups is 2. The highest BCUT2D eigenvalue weighted by Crippen LogP contribution is 2.30. The van der Waals surface area contributed by atoms with E-state index in [1.54, 1.807) is 0 Å². The molecule has 0 spiro atoms. The number of hydrogen-bond donors (Lipinski definition) is 2. The fourth-order valence-corrected chi connectivity index (χ4v) is 1.98. The van der Waals surface area contributed by atoms with E-state index in [2.05, 4.69) is 0 Å². The Bertz CT molecular complexity index is 365. The summed E-state index contributed by atoms with van der Waals surface area (Å²) < 4.78 is 38.2. The molecule has 1 fully saturated rings. The summed E-state index contributed by atoms with van der Waals surface area (Å²) in [6.07, 6.45) is -1.35. The van der Waals surface area contributed by atoms with Crippen LogP contribution in [0.2, 0.25) is 0 Å². The van der Waals surface area contributed by atoms with Crippen LogP contribution in [0.25, 0.3) is 0 Å². The molecule has 1 aliphatic heterocycles. The Morgan fingerprint density at radius 1 is 1.15 bits per heavy atom. The van der Waals surface area contributed by atoms with Crippen molar-refractivity contribution < 1.29 is 27.9 Å². The summed E-state index contributed by atoms with van der Waals surface area (Å²) in [5.74, 6) is -2.54. The lowest BCUT2D eigenvalue weighted by Gasteiger charge is -2.29. The van der Waals surface area contributed by atoms with E-state index in [9.17, 15) is 22.8 Å². The minimum Gasteiger partial charge on any atom is -0.480 e. The second-order valence-electron chi connectivity index (χ2n) is 5.08. The summed E-state index contributed by atoms with van der Waals surface area (Å²) in [6, 6.07) is 0. The first-order chi connectivity index (χ1) is 9.18. The molecule has 1 unspecified atom stereocenters. The molecule has 1 atom stereocenters. The standard InChI is InChI=1S/C12H19F3N2O3/c1-11(10(19)20,12(13,14)15)16-8-9(18)17-6-4-2-3-5-7-17/h16H,2-8H2,1H3,(H,19,20). The van der Waals surface area contributed by atoms with Crippen molar-refractivity contribution in [3.8, 4) is 0 Å². The quantitative estimate of drug-likeness (QED) is 0.822. The Balaban J connectivity index is 2.63. The number of halogens is 3. The monoisotopic (exact) mass is 296 g/mol. The van der Waals surface area contributed by atoms with E-state index >= 15 is 0 Å². The first-order valence-corrected chi connectivity index (χ1v) is 6.51. The predicted molar refractivity (Wildman–Crippen MR) is 65.1 cm³/mol. The Hall–Kier alpha value is -1.31. The van der Waals surface area contributed by atoms with Crippen LogP contribution in [0, 0.1) is 0 Å². The number of nitrogens with one attached hydrogen (secondary N) is 1. The third kappa shape index (κ3) is 3.84. The van der Waals surface area contributed by atoms with E-state index in [4.69, 9.17) is 5.11 Å². The highest BCUT2D eigenvalue weighted by atomic mass is 19.4. The van der Waals surface area contributed by atoms with Crippen LogP contribution in [-0.2, 0) is 9.59 Å². The molecular formula is C12H19F3N2O3. The van der Waals surface area contributed by atoms with Gasteiger partial charge in [0.2, 0.25) is 11.4 Å². The molecule has 20 heavy (non-hydrogen) atoms. The molecule has 116 valence electrons. The average molecular weight is 296 g/mol. The van der Waals surface area contributed by atoms with Gasteiger partial charge in [-0.1, -0.05) is 12.8 Å². The van der Waals surface area contributed by atoms with Crippen LogP contribution in [0.1, 0.15) is 32.6 Å². The third-order valence-corrected chi connectivity index (χ3v) is 3.55. The Labute approximate surface area is 115 Å². The first kappa shape index (κ1) is 16.7. The molecule has 1 heterocycles. The Morgan fingerprint density at radius 3 is 2.05 bits per heavy atom. The van der Waals surface area contributed by atoms with Gasteiger partial charge >= 0.3 is 12.1 Å². The summed E-state index contributed by atoms with van der Waals surface area (Å²) in [5, 5.41) is 10.6. The van der Waals surface area contributed by atoms with Crippen LogP contribution in [0.5, 0.6) is 0 Å². The maximum absolute atomic E-state index is 12.7. The molecule has 8 heteroatoms. The smallest absolute Gasteiger partial charge is 0.417 e. The minimum absolute atomic E-state index is 0.497. The number of amides is 1. The second kappa shape index (κ2) is 6.43. The highest BCUT2D eigenvalue weighted by Gasteiger charge is 2.57. The van der Waals surface area contributed by atoms with E-state index in [-0.39, 0.29) is 0 Å². The van der Waals surface area contributed by atoms with Gasteiger partial charge in [0.15, 0.2) is 0 Å². The zero-order valence-corrected chi connectivity index (χ0v) is 11.3. The molecule has 0 aromatic heterocycles. The van der Waals surface area contributed by atoms with Gasteiger partial charge in [0, 0.05) is 13.1 Å². The molecule has 0 aromatic rings. The molecule has 0 aliphatic carbocycles. The number of aliphatic carboxylic acids is 1. The molecule has 2 N–H and O–H groups in total. The van der Waals surface area contributed by atoms with Gasteiger partial charge in [-0.2, -0.15) is 13.2 Å². The number of likely N-dealkylation sites (tertiary alicyclic amines) is 1. The lowest BCUT2D eigenvalue weighted by molar-refractivity contribution is -0.205. The third-order valence-electron chi connectivity index (χ3n) is 3.55. The predicted octanol–water partition coefficient (Wildman–Crippen LogP) is 1.38. The van der Waals surface area contributed by atoms with Crippen molar-refractivity contribution in [2.24, 2.45) is 0 Å². The van der Waals surface area contributed by atoms with E-state index < -0.39 is 30.1 Å². The van der Waals surface area contributed by atoms with Gasteiger partial charge in [-0.05, 0) is 19.8 Å². The summed E-state index contributed by atoms with van der Waals surface area (Å²) >= 11 is 0. The van der Waals surface area contributed by atoms with Crippen molar-refractivity contribution >= 4 is 11.9 Å². The molecule has 1 aliphatic rings. The van der Waals surface area contributed by atoms with Crippen molar-refractivity contribution in [3.05, 3.63) is 0 Å². The SMILES string of the molecule is CC(NCC(=O)N1CCCCCC1)(C(=O)O)C(F)(F)F. The molecule has 0 radical (unpaired) electrons. The van der Waals surface area contributed by atoms with Gasteiger partial charge in [0.25, 0.3) is 0 Å². The van der Waals surface area contributed by atoms with Crippen molar-refractivity contribution in [3.63, 3.8) is 0 Å². The molecule has 1 rings (SSSR count). The van der Waals surface area contributed by atoms with Gasteiger partial charge in [0.05, 0.1) is 6.54 Å². The van der Waals surface area contributed by atoms with E-state index in [0.29, 0.717) is 20.0 Å². The Morgan fingerprint density at radius 2 is 1.65 bits per heavy atom. The van der Waals surface area contributed by atoms with Crippen LogP contribution in [-0.4, -0.2) is 53.2 Å². The normalized spacial score (nSPS) is 20.1. The van der Waals surface area contributed by atoms with Gasteiger partial charge in [-0.15, -0.1) is 0 Å². The number of carboxylic acid groups (broad SMARTS) is 1. The number of hydrogen-bond acceptors (Lipinski definition) is 3. The van der Waals surface area contributed by atoms with Gasteiger partial charge in [0.1, 0.15) is 0 Å². The van der Waals surface area contributed by atoms with E-state index in [0.717, 1.165) is 25.7 Å². The molecule has 0 saturated carbocycles.